The Balaban J connectivity index is 1.69. The number of hydrazine groups is 1. The van der Waals surface area contributed by atoms with Crippen LogP contribution in [-0.4, -0.2) is 27.0 Å². The number of carboxylic acid groups (broad SMARTS) is 1. The number of aryl methyl sites for hydroxylation is 1. The van der Waals surface area contributed by atoms with Crippen LogP contribution < -0.4 is 5.43 Å². The molecule has 0 radical (unpaired) electrons. The van der Waals surface area contributed by atoms with E-state index in [1.54, 1.807) is 0 Å². The quantitative estimate of drug-likeness (QED) is 0.333. The molecule has 1 amide bonds. The van der Waals surface area contributed by atoms with Crippen molar-refractivity contribution >= 4 is 40.1 Å². The van der Waals surface area contributed by atoms with Gasteiger partial charge in [0.05, 0.1) is 23.7 Å². The van der Waals surface area contributed by atoms with Crippen molar-refractivity contribution < 1.29 is 14.7 Å². The highest BCUT2D eigenvalue weighted by molar-refractivity contribution is 6.31. The first-order chi connectivity index (χ1) is 17.4. The number of carboxylic acids is 1. The third-order valence-electron chi connectivity index (χ3n) is 6.27. The Kier molecular flexibility index (Phi) is 6.44. The maximum absolute atomic E-state index is 13.1. The summed E-state index contributed by atoms with van der Waals surface area (Å²) in [4.78, 5) is 29.1. The summed E-state index contributed by atoms with van der Waals surface area (Å²) in [6, 6.07) is 24.9. The van der Waals surface area contributed by atoms with Crippen LogP contribution in [0.25, 0.3) is 27.7 Å². The Morgan fingerprint density at radius 1 is 0.972 bits per heavy atom. The molecule has 0 saturated heterocycles. The smallest absolute Gasteiger partial charge is 0.303 e. The highest BCUT2D eigenvalue weighted by Gasteiger charge is 2.33. The molecule has 4 aromatic rings. The lowest BCUT2D eigenvalue weighted by atomic mass is 9.92. The molecule has 0 bridgehead atoms. The molecule has 0 saturated carbocycles. The van der Waals surface area contributed by atoms with Gasteiger partial charge in [0.15, 0.2) is 0 Å². The number of hydrogen-bond donors (Lipinski definition) is 2. The zero-order valence-corrected chi connectivity index (χ0v) is 20.4. The molecule has 2 N–H and O–H groups in total. The number of hydrogen-bond acceptors (Lipinski definition) is 4. The van der Waals surface area contributed by atoms with Crippen LogP contribution >= 0.6 is 11.6 Å². The van der Waals surface area contributed by atoms with E-state index in [1.165, 1.54) is 5.01 Å². The number of rotatable bonds is 6. The number of pyridine rings is 1. The van der Waals surface area contributed by atoms with E-state index in [9.17, 15) is 9.59 Å². The summed E-state index contributed by atoms with van der Waals surface area (Å²) in [5.74, 6) is -1.31. The fraction of sp³-hybridized carbons (Fsp3) is 0.138. The highest BCUT2D eigenvalue weighted by atomic mass is 35.5. The topological polar surface area (TPSA) is 82.5 Å². The predicted molar refractivity (Wildman–Crippen MR) is 141 cm³/mol. The van der Waals surface area contributed by atoms with Crippen LogP contribution in [0.5, 0.6) is 0 Å². The molecular formula is C29H24ClN3O3. The summed E-state index contributed by atoms with van der Waals surface area (Å²) in [6.45, 7) is 1.95. The summed E-state index contributed by atoms with van der Waals surface area (Å²) in [5.41, 5.74) is 9.40. The van der Waals surface area contributed by atoms with Crippen LogP contribution in [0.15, 0.2) is 84.9 Å². The lowest BCUT2D eigenvalue weighted by Gasteiger charge is -2.26. The molecular weight excluding hydrogens is 474 g/mol. The average Bonchev–Trinajstić information content (AvgIpc) is 3.33. The number of fused-ring (bicyclic) bond motifs is 1. The number of nitrogens with one attached hydrogen (secondary N) is 1. The summed E-state index contributed by atoms with van der Waals surface area (Å²) in [7, 11) is 0. The van der Waals surface area contributed by atoms with Gasteiger partial charge in [-0.2, -0.15) is 0 Å². The van der Waals surface area contributed by atoms with E-state index in [1.807, 2.05) is 91.9 Å². The van der Waals surface area contributed by atoms with Gasteiger partial charge in [-0.1, -0.05) is 72.3 Å². The van der Waals surface area contributed by atoms with Crippen molar-refractivity contribution in [3.05, 3.63) is 107 Å². The lowest BCUT2D eigenvalue weighted by molar-refractivity contribution is -0.142. The van der Waals surface area contributed by atoms with Crippen LogP contribution in [-0.2, 0) is 9.59 Å². The second kappa shape index (κ2) is 9.84. The molecule has 36 heavy (non-hydrogen) atoms. The third kappa shape index (κ3) is 4.55. The molecule has 6 nitrogen and oxygen atoms in total. The number of halogens is 1. The zero-order chi connectivity index (χ0) is 25.2. The fourth-order valence-electron chi connectivity index (χ4n) is 4.65. The molecule has 0 unspecified atom stereocenters. The first kappa shape index (κ1) is 23.6. The van der Waals surface area contributed by atoms with Crippen molar-refractivity contribution in [3.8, 4) is 11.1 Å². The maximum Gasteiger partial charge on any atom is 0.303 e. The van der Waals surface area contributed by atoms with Crippen LogP contribution in [0.1, 0.15) is 35.7 Å². The van der Waals surface area contributed by atoms with Crippen molar-refractivity contribution in [2.24, 2.45) is 0 Å². The monoisotopic (exact) mass is 497 g/mol. The zero-order valence-electron chi connectivity index (χ0n) is 19.6. The Morgan fingerprint density at radius 2 is 1.67 bits per heavy atom. The van der Waals surface area contributed by atoms with E-state index in [0.717, 1.165) is 44.5 Å². The van der Waals surface area contributed by atoms with Crippen molar-refractivity contribution in [2.75, 3.05) is 0 Å². The Labute approximate surface area is 213 Å². The molecule has 1 aliphatic heterocycles. The first-order valence-corrected chi connectivity index (χ1v) is 12.0. The van der Waals surface area contributed by atoms with Crippen molar-refractivity contribution in [2.45, 2.75) is 25.8 Å². The third-order valence-corrected chi connectivity index (χ3v) is 6.50. The van der Waals surface area contributed by atoms with Gasteiger partial charge in [0.25, 0.3) is 0 Å². The van der Waals surface area contributed by atoms with Gasteiger partial charge in [-0.25, -0.2) is 5.01 Å². The largest absolute Gasteiger partial charge is 0.481 e. The minimum absolute atomic E-state index is 0.108. The predicted octanol–water partition coefficient (Wildman–Crippen LogP) is 6.16. The number of nitrogens with zero attached hydrogens (tertiary/aromatic N) is 2. The second-order valence-corrected chi connectivity index (χ2v) is 9.12. The molecule has 2 heterocycles. The molecule has 1 aliphatic rings. The molecule has 7 heteroatoms. The van der Waals surface area contributed by atoms with Gasteiger partial charge in [-0.05, 0) is 42.3 Å². The van der Waals surface area contributed by atoms with Gasteiger partial charge in [0.2, 0.25) is 5.91 Å². The summed E-state index contributed by atoms with van der Waals surface area (Å²) in [6.07, 6.45) is 1.65. The average molecular weight is 498 g/mol. The van der Waals surface area contributed by atoms with Gasteiger partial charge in [0, 0.05) is 33.7 Å². The van der Waals surface area contributed by atoms with Gasteiger partial charge in [-0.3, -0.25) is 20.0 Å². The summed E-state index contributed by atoms with van der Waals surface area (Å²) < 4.78 is 0. The van der Waals surface area contributed by atoms with Gasteiger partial charge in [-0.15, -0.1) is 0 Å². The number of aliphatic carboxylic acids is 1. The lowest BCUT2D eigenvalue weighted by Crippen LogP contribution is -2.39. The minimum Gasteiger partial charge on any atom is -0.481 e. The van der Waals surface area contributed by atoms with E-state index in [4.69, 9.17) is 21.7 Å². The molecule has 5 rings (SSSR count). The van der Waals surface area contributed by atoms with Crippen LogP contribution in [0, 0.1) is 6.92 Å². The van der Waals surface area contributed by atoms with Crippen molar-refractivity contribution in [1.82, 2.24) is 15.4 Å². The Morgan fingerprint density at radius 3 is 2.36 bits per heavy atom. The molecule has 1 atom stereocenters. The second-order valence-electron chi connectivity index (χ2n) is 8.68. The molecule has 1 aromatic heterocycles. The normalized spacial score (nSPS) is 15.0. The van der Waals surface area contributed by atoms with E-state index in [2.05, 4.69) is 5.43 Å². The van der Waals surface area contributed by atoms with E-state index < -0.39 is 12.0 Å². The standard InChI is InChI=1S/C29H24ClN3O3/c1-18-28(29(20-10-6-3-7-11-20)22-16-21(30)12-13-23(22)31-18)24-17-25(19-8-4-2-5-9-19)33(32-24)26(34)14-15-27(35)36/h2-13,16-17,25,32H,14-15H2,1H3,(H,35,36)/t25-/m1/s1. The number of aromatic nitrogens is 1. The van der Waals surface area contributed by atoms with Gasteiger partial charge in [0.1, 0.15) is 0 Å². The number of benzene rings is 3. The summed E-state index contributed by atoms with van der Waals surface area (Å²) in [5, 5.41) is 12.1. The fourth-order valence-corrected chi connectivity index (χ4v) is 4.82. The number of carbonyl (C=O) groups is 2. The SMILES string of the molecule is Cc1nc2ccc(Cl)cc2c(-c2ccccc2)c1C1=C[C@H](c2ccccc2)N(C(=O)CCC(=O)O)N1. The molecule has 3 aromatic carbocycles. The number of carbonyl (C=O) groups excluding carboxylic acids is 1. The van der Waals surface area contributed by atoms with Gasteiger partial charge >= 0.3 is 5.97 Å². The van der Waals surface area contributed by atoms with E-state index >= 15 is 0 Å². The van der Waals surface area contributed by atoms with Crippen LogP contribution in [0.2, 0.25) is 5.02 Å². The number of amides is 1. The van der Waals surface area contributed by atoms with Gasteiger partial charge < -0.3 is 5.11 Å². The van der Waals surface area contributed by atoms with Crippen LogP contribution in [0.4, 0.5) is 0 Å². The van der Waals surface area contributed by atoms with Crippen molar-refractivity contribution in [3.63, 3.8) is 0 Å². The highest BCUT2D eigenvalue weighted by Crippen LogP contribution is 2.40. The molecule has 180 valence electrons. The van der Waals surface area contributed by atoms with Crippen LogP contribution in [0.3, 0.4) is 0 Å². The molecule has 0 aliphatic carbocycles. The van der Waals surface area contributed by atoms with Crippen molar-refractivity contribution in [1.29, 1.82) is 0 Å². The Bertz CT molecular complexity index is 1490. The van der Waals surface area contributed by atoms with E-state index in [0.29, 0.717) is 5.02 Å². The van der Waals surface area contributed by atoms with E-state index in [-0.39, 0.29) is 18.7 Å². The summed E-state index contributed by atoms with van der Waals surface area (Å²) >= 11 is 6.40. The Hall–Kier alpha value is -4.16. The molecule has 0 fully saturated rings. The maximum atomic E-state index is 13.1. The first-order valence-electron chi connectivity index (χ1n) is 11.7. The molecule has 0 spiro atoms. The minimum atomic E-state index is -1.01.